The van der Waals surface area contributed by atoms with Gasteiger partial charge in [0, 0.05) is 18.1 Å². The molecule has 2 saturated carbocycles. The van der Waals surface area contributed by atoms with Crippen molar-refractivity contribution in [2.75, 3.05) is 6.61 Å². The highest BCUT2D eigenvalue weighted by Crippen LogP contribution is 2.54. The van der Waals surface area contributed by atoms with Crippen LogP contribution in [0, 0.1) is 17.8 Å². The fourth-order valence-electron chi connectivity index (χ4n) is 3.87. The second-order valence-electron chi connectivity index (χ2n) is 5.85. The highest BCUT2D eigenvalue weighted by atomic mass is 16.5. The third kappa shape index (κ3) is 2.44. The predicted octanol–water partition coefficient (Wildman–Crippen LogP) is 3.12. The van der Waals surface area contributed by atoms with E-state index in [1.54, 1.807) is 0 Å². The smallest absolute Gasteiger partial charge is 0.0689 e. The lowest BCUT2D eigenvalue weighted by Crippen LogP contribution is -2.64. The summed E-state index contributed by atoms with van der Waals surface area (Å²) < 4.78 is 5.93. The molecule has 1 N–H and O–H groups in total. The molecule has 1 spiro atoms. The molecule has 18 heavy (non-hydrogen) atoms. The van der Waals surface area contributed by atoms with Crippen LogP contribution in [0.4, 0.5) is 0 Å². The minimum atomic E-state index is 0.250. The lowest BCUT2D eigenvalue weighted by Gasteiger charge is -2.55. The highest BCUT2D eigenvalue weighted by molar-refractivity contribution is 5.13. The number of terminal acetylenes is 1. The molecule has 3 unspecified atom stereocenters. The van der Waals surface area contributed by atoms with Gasteiger partial charge in [0.2, 0.25) is 0 Å². The van der Waals surface area contributed by atoms with Gasteiger partial charge in [-0.3, -0.25) is 0 Å². The fourth-order valence-corrected chi connectivity index (χ4v) is 3.87. The van der Waals surface area contributed by atoms with Crippen LogP contribution < -0.4 is 5.32 Å². The van der Waals surface area contributed by atoms with Gasteiger partial charge in [-0.25, -0.2) is 0 Å². The number of nitrogens with one attached hydrogen (secondary N) is 1. The van der Waals surface area contributed by atoms with Crippen molar-refractivity contribution < 1.29 is 4.74 Å². The average molecular weight is 249 g/mol. The van der Waals surface area contributed by atoms with Crippen LogP contribution in [-0.2, 0) is 4.74 Å². The Balaban J connectivity index is 1.95. The van der Waals surface area contributed by atoms with E-state index in [-0.39, 0.29) is 6.04 Å². The van der Waals surface area contributed by atoms with E-state index in [0.717, 1.165) is 25.9 Å². The van der Waals surface area contributed by atoms with E-state index in [0.29, 0.717) is 17.6 Å². The van der Waals surface area contributed by atoms with Gasteiger partial charge in [0.25, 0.3) is 0 Å². The molecule has 0 aromatic heterocycles. The van der Waals surface area contributed by atoms with Crippen molar-refractivity contribution in [2.24, 2.45) is 5.41 Å². The number of ether oxygens (including phenoxy) is 1. The van der Waals surface area contributed by atoms with Gasteiger partial charge in [0.1, 0.15) is 0 Å². The van der Waals surface area contributed by atoms with Crippen molar-refractivity contribution in [3.05, 3.63) is 0 Å². The lowest BCUT2D eigenvalue weighted by molar-refractivity contribution is -0.131. The molecule has 2 heteroatoms. The first-order valence-electron chi connectivity index (χ1n) is 7.60. The number of hydrogen-bond acceptors (Lipinski definition) is 2. The predicted molar refractivity (Wildman–Crippen MR) is 75.4 cm³/mol. The zero-order valence-corrected chi connectivity index (χ0v) is 11.9. The molecule has 0 heterocycles. The van der Waals surface area contributed by atoms with Crippen LogP contribution in [0.25, 0.3) is 0 Å². The third-order valence-corrected chi connectivity index (χ3v) is 4.87. The molecule has 0 radical (unpaired) electrons. The summed E-state index contributed by atoms with van der Waals surface area (Å²) >= 11 is 0. The molecule has 2 nitrogen and oxygen atoms in total. The Hall–Kier alpha value is -0.520. The quantitative estimate of drug-likeness (QED) is 0.730. The summed E-state index contributed by atoms with van der Waals surface area (Å²) in [5.41, 5.74) is 0.402. The molecule has 102 valence electrons. The molecule has 2 fully saturated rings. The second-order valence-corrected chi connectivity index (χ2v) is 5.85. The maximum Gasteiger partial charge on any atom is 0.0689 e. The van der Waals surface area contributed by atoms with E-state index in [1.165, 1.54) is 25.7 Å². The maximum atomic E-state index is 5.93. The minimum Gasteiger partial charge on any atom is -0.378 e. The molecule has 2 aliphatic carbocycles. The Morgan fingerprint density at radius 1 is 1.39 bits per heavy atom. The minimum absolute atomic E-state index is 0.250. The summed E-state index contributed by atoms with van der Waals surface area (Å²) in [6, 6.07) is 0.837. The molecular weight excluding hydrogens is 222 g/mol. The van der Waals surface area contributed by atoms with E-state index in [4.69, 9.17) is 11.2 Å². The molecule has 0 aromatic carbocycles. The van der Waals surface area contributed by atoms with Gasteiger partial charge in [-0.1, -0.05) is 32.1 Å². The Bertz CT molecular complexity index is 301. The Kier molecular flexibility index (Phi) is 4.70. The summed E-state index contributed by atoms with van der Waals surface area (Å²) in [6.45, 7) is 5.14. The van der Waals surface area contributed by atoms with E-state index in [2.05, 4.69) is 25.1 Å². The molecule has 2 rings (SSSR count). The van der Waals surface area contributed by atoms with Crippen LogP contribution >= 0.6 is 0 Å². The van der Waals surface area contributed by atoms with E-state index >= 15 is 0 Å². The molecule has 0 aliphatic heterocycles. The van der Waals surface area contributed by atoms with E-state index < -0.39 is 0 Å². The fraction of sp³-hybridized carbons (Fsp3) is 0.875. The number of rotatable bonds is 6. The molecule has 0 saturated heterocycles. The zero-order valence-electron chi connectivity index (χ0n) is 11.9. The van der Waals surface area contributed by atoms with Gasteiger partial charge < -0.3 is 10.1 Å². The molecule has 3 atom stereocenters. The average Bonchev–Trinajstić information content (AvgIpc) is 2.88. The summed E-state index contributed by atoms with van der Waals surface area (Å²) in [4.78, 5) is 0. The molecule has 0 aromatic rings. The molecule has 2 aliphatic rings. The summed E-state index contributed by atoms with van der Waals surface area (Å²) in [5.74, 6) is 2.90. The topological polar surface area (TPSA) is 21.3 Å². The van der Waals surface area contributed by atoms with Crippen molar-refractivity contribution in [3.8, 4) is 12.3 Å². The molecular formula is C16H27NO. The van der Waals surface area contributed by atoms with Gasteiger partial charge in [0.05, 0.1) is 12.1 Å². The second kappa shape index (κ2) is 6.08. The standard InChI is InChI=1S/C16H27NO/c1-4-9-13(5-2)17-14-12-15(18-6-3)16(14)10-7-8-11-16/h2,13-15,17H,4,6-12H2,1,3H3. The normalized spacial score (nSPS) is 30.9. The van der Waals surface area contributed by atoms with Crippen LogP contribution in [0.15, 0.2) is 0 Å². The number of hydrogen-bond donors (Lipinski definition) is 1. The molecule has 0 bridgehead atoms. The van der Waals surface area contributed by atoms with Gasteiger partial charge in [-0.15, -0.1) is 6.42 Å². The van der Waals surface area contributed by atoms with Crippen molar-refractivity contribution in [3.63, 3.8) is 0 Å². The molecule has 0 amide bonds. The first kappa shape index (κ1) is 13.9. The summed E-state index contributed by atoms with van der Waals surface area (Å²) in [6.07, 6.45) is 14.8. The van der Waals surface area contributed by atoms with Gasteiger partial charge in [0.15, 0.2) is 0 Å². The van der Waals surface area contributed by atoms with Gasteiger partial charge >= 0.3 is 0 Å². The van der Waals surface area contributed by atoms with Gasteiger partial charge in [-0.05, 0) is 32.6 Å². The zero-order chi connectivity index (χ0) is 13.0. The Labute approximate surface area is 112 Å². The first-order valence-corrected chi connectivity index (χ1v) is 7.60. The van der Waals surface area contributed by atoms with Crippen LogP contribution in [-0.4, -0.2) is 24.8 Å². The SMILES string of the molecule is C#CC(CCC)NC1CC(OCC)C12CCCC2. The third-order valence-electron chi connectivity index (χ3n) is 4.87. The highest BCUT2D eigenvalue weighted by Gasteiger charge is 2.56. The first-order chi connectivity index (χ1) is 8.76. The maximum absolute atomic E-state index is 5.93. The van der Waals surface area contributed by atoms with Gasteiger partial charge in [-0.2, -0.15) is 0 Å². The summed E-state index contributed by atoms with van der Waals surface area (Å²) in [7, 11) is 0. The largest absolute Gasteiger partial charge is 0.378 e. The van der Waals surface area contributed by atoms with E-state index in [1.807, 2.05) is 0 Å². The van der Waals surface area contributed by atoms with Crippen LogP contribution in [0.1, 0.15) is 58.8 Å². The van der Waals surface area contributed by atoms with Crippen molar-refractivity contribution >= 4 is 0 Å². The summed E-state index contributed by atoms with van der Waals surface area (Å²) in [5, 5.41) is 3.71. The van der Waals surface area contributed by atoms with Crippen LogP contribution in [0.3, 0.4) is 0 Å². The van der Waals surface area contributed by atoms with Crippen LogP contribution in [0.2, 0.25) is 0 Å². The van der Waals surface area contributed by atoms with E-state index in [9.17, 15) is 0 Å². The van der Waals surface area contributed by atoms with Crippen molar-refractivity contribution in [1.29, 1.82) is 0 Å². The Morgan fingerprint density at radius 2 is 2.11 bits per heavy atom. The Morgan fingerprint density at radius 3 is 2.67 bits per heavy atom. The van der Waals surface area contributed by atoms with Crippen LogP contribution in [0.5, 0.6) is 0 Å². The van der Waals surface area contributed by atoms with Crippen molar-refractivity contribution in [2.45, 2.75) is 77.0 Å². The lowest BCUT2D eigenvalue weighted by atomic mass is 9.60. The monoisotopic (exact) mass is 249 g/mol. The van der Waals surface area contributed by atoms with Crippen molar-refractivity contribution in [1.82, 2.24) is 5.32 Å².